The Morgan fingerprint density at radius 2 is 2.17 bits per heavy atom. The topological polar surface area (TPSA) is 150 Å². The normalized spacial score (nSPS) is 10.3. The largest absolute Gasteiger partial charge is 0.492 e. The number of anilines is 2. The molecule has 0 fully saturated rings. The predicted molar refractivity (Wildman–Crippen MR) is 81.4 cm³/mol. The number of aromatic amines is 1. The van der Waals surface area contributed by atoms with E-state index >= 15 is 0 Å². The first-order valence-corrected chi connectivity index (χ1v) is 7.30. The number of rotatable bonds is 5. The van der Waals surface area contributed by atoms with E-state index in [-0.39, 0.29) is 22.4 Å². The quantitative estimate of drug-likeness (QED) is 0.453. The number of nitrogens with zero attached hydrogens (tertiary/aromatic N) is 2. The number of carbonyl (C=O) groups is 2. The first-order chi connectivity index (χ1) is 10.8. The molecule has 23 heavy (non-hydrogen) atoms. The third kappa shape index (κ3) is 4.57. The highest BCUT2D eigenvalue weighted by Gasteiger charge is 2.13. The molecule has 0 aliphatic rings. The number of carbonyl (C=O) groups excluding carboxylic acids is 2. The number of hydrogen-bond donors (Lipinski definition) is 4. The molecule has 2 aromatic heterocycles. The number of amides is 2. The van der Waals surface area contributed by atoms with Gasteiger partial charge in [0.15, 0.2) is 16.7 Å². The van der Waals surface area contributed by atoms with Crippen LogP contribution in [-0.4, -0.2) is 37.8 Å². The fourth-order valence-corrected chi connectivity index (χ4v) is 2.19. The van der Waals surface area contributed by atoms with Crippen molar-refractivity contribution in [3.63, 3.8) is 0 Å². The summed E-state index contributed by atoms with van der Waals surface area (Å²) in [6.45, 7) is 2.88. The molecule has 0 aromatic carbocycles. The van der Waals surface area contributed by atoms with Gasteiger partial charge in [-0.05, 0) is 6.92 Å². The summed E-state index contributed by atoms with van der Waals surface area (Å²) in [5.41, 5.74) is -1.06. The van der Waals surface area contributed by atoms with Gasteiger partial charge in [0.2, 0.25) is 17.7 Å². The Kier molecular flexibility index (Phi) is 5.01. The van der Waals surface area contributed by atoms with E-state index in [1.807, 2.05) is 0 Å². The fraction of sp³-hybridized carbons (Fsp3) is 0.250. The van der Waals surface area contributed by atoms with Crippen molar-refractivity contribution in [2.45, 2.75) is 19.0 Å². The number of aromatic nitrogens is 3. The minimum absolute atomic E-state index is 0.0353. The zero-order valence-corrected chi connectivity index (χ0v) is 13.0. The zero-order chi connectivity index (χ0) is 17.0. The van der Waals surface area contributed by atoms with Gasteiger partial charge in [0, 0.05) is 13.0 Å². The molecule has 0 aliphatic heterocycles. The molecular weight excluding hydrogens is 326 g/mol. The molecule has 122 valence electrons. The Bertz CT molecular complexity index is 799. The summed E-state index contributed by atoms with van der Waals surface area (Å²) in [4.78, 5) is 40.4. The van der Waals surface area contributed by atoms with Gasteiger partial charge >= 0.3 is 0 Å². The molecule has 0 aliphatic carbocycles. The van der Waals surface area contributed by atoms with Crippen LogP contribution in [0.3, 0.4) is 0 Å². The van der Waals surface area contributed by atoms with Gasteiger partial charge in [-0.2, -0.15) is 4.98 Å². The van der Waals surface area contributed by atoms with E-state index in [4.69, 9.17) is 4.52 Å². The van der Waals surface area contributed by atoms with Crippen LogP contribution in [0.5, 0.6) is 5.88 Å². The Hall–Kier alpha value is -2.82. The van der Waals surface area contributed by atoms with Gasteiger partial charge in [0.05, 0.1) is 5.75 Å². The van der Waals surface area contributed by atoms with Crippen LogP contribution in [0, 0.1) is 6.92 Å². The molecule has 2 rings (SSSR count). The third-order valence-corrected chi connectivity index (χ3v) is 3.29. The maximum absolute atomic E-state index is 11.7. The van der Waals surface area contributed by atoms with E-state index in [9.17, 15) is 19.5 Å². The summed E-state index contributed by atoms with van der Waals surface area (Å²) < 4.78 is 4.81. The first kappa shape index (κ1) is 16.5. The maximum atomic E-state index is 11.7. The van der Waals surface area contributed by atoms with Crippen molar-refractivity contribution in [3.8, 4) is 5.88 Å². The number of H-pyrrole nitrogens is 1. The van der Waals surface area contributed by atoms with Crippen LogP contribution in [-0.2, 0) is 9.59 Å². The molecule has 0 unspecified atom stereocenters. The van der Waals surface area contributed by atoms with Crippen molar-refractivity contribution >= 4 is 35.1 Å². The summed E-state index contributed by atoms with van der Waals surface area (Å²) in [6, 6.07) is 1.55. The van der Waals surface area contributed by atoms with Crippen molar-refractivity contribution in [2.24, 2.45) is 0 Å². The number of thioether (sulfide) groups is 1. The van der Waals surface area contributed by atoms with Gasteiger partial charge < -0.3 is 20.3 Å². The molecule has 0 atom stereocenters. The molecule has 0 saturated heterocycles. The number of aromatic hydroxyl groups is 1. The number of nitrogens with one attached hydrogen (secondary N) is 3. The fourth-order valence-electron chi connectivity index (χ4n) is 1.54. The van der Waals surface area contributed by atoms with Gasteiger partial charge in [0.1, 0.15) is 5.76 Å². The van der Waals surface area contributed by atoms with Crippen molar-refractivity contribution in [2.75, 3.05) is 16.4 Å². The van der Waals surface area contributed by atoms with E-state index in [2.05, 4.69) is 25.8 Å². The molecule has 4 N–H and O–H groups in total. The number of aryl methyl sites for hydroxylation is 1. The Labute approximate surface area is 133 Å². The van der Waals surface area contributed by atoms with E-state index in [0.717, 1.165) is 11.8 Å². The standard InChI is InChI=1S/C12H13N5O5S/c1-5-3-7(17-22-5)14-8(19)4-23-12-15-10(20)9(11(21)16-12)13-6(2)18/h3H,4H2,1-2H3,(H,13,18)(H,14,17,19)(H2,15,16,20,21). The lowest BCUT2D eigenvalue weighted by molar-refractivity contribution is -0.114. The first-order valence-electron chi connectivity index (χ1n) is 6.32. The summed E-state index contributed by atoms with van der Waals surface area (Å²) >= 11 is 0.901. The SMILES string of the molecule is CC(=O)Nc1c(O)nc(SCC(=O)Nc2cc(C)on2)[nH]c1=O. The van der Waals surface area contributed by atoms with Gasteiger partial charge in [-0.25, -0.2) is 0 Å². The summed E-state index contributed by atoms with van der Waals surface area (Å²) in [7, 11) is 0. The van der Waals surface area contributed by atoms with Gasteiger partial charge in [-0.3, -0.25) is 19.4 Å². The molecule has 10 nitrogen and oxygen atoms in total. The van der Waals surface area contributed by atoms with Gasteiger partial charge in [-0.15, -0.1) is 0 Å². The minimum atomic E-state index is -0.720. The van der Waals surface area contributed by atoms with Crippen LogP contribution in [0.2, 0.25) is 0 Å². The van der Waals surface area contributed by atoms with Crippen molar-refractivity contribution in [3.05, 3.63) is 22.2 Å². The molecular formula is C12H13N5O5S. The smallest absolute Gasteiger partial charge is 0.279 e. The highest BCUT2D eigenvalue weighted by Crippen LogP contribution is 2.19. The highest BCUT2D eigenvalue weighted by atomic mass is 32.2. The lowest BCUT2D eigenvalue weighted by Crippen LogP contribution is -2.19. The Morgan fingerprint density at radius 1 is 1.43 bits per heavy atom. The molecule has 0 bridgehead atoms. The van der Waals surface area contributed by atoms with E-state index < -0.39 is 23.3 Å². The van der Waals surface area contributed by atoms with Crippen LogP contribution >= 0.6 is 11.8 Å². The maximum Gasteiger partial charge on any atom is 0.279 e. The van der Waals surface area contributed by atoms with Crippen molar-refractivity contribution < 1.29 is 19.2 Å². The molecule has 0 spiro atoms. The van der Waals surface area contributed by atoms with Crippen LogP contribution in [0.25, 0.3) is 0 Å². The molecule has 2 heterocycles. The van der Waals surface area contributed by atoms with Crippen LogP contribution in [0.15, 0.2) is 20.5 Å². The van der Waals surface area contributed by atoms with Crippen LogP contribution in [0.4, 0.5) is 11.5 Å². The molecule has 0 saturated carbocycles. The third-order valence-electron chi connectivity index (χ3n) is 2.42. The highest BCUT2D eigenvalue weighted by molar-refractivity contribution is 7.99. The second kappa shape index (κ2) is 6.96. The van der Waals surface area contributed by atoms with Gasteiger partial charge in [-0.1, -0.05) is 16.9 Å². The van der Waals surface area contributed by atoms with Crippen LogP contribution in [0.1, 0.15) is 12.7 Å². The number of hydrogen-bond acceptors (Lipinski definition) is 8. The van der Waals surface area contributed by atoms with E-state index in [0.29, 0.717) is 5.76 Å². The minimum Gasteiger partial charge on any atom is -0.492 e. The average Bonchev–Trinajstić information content (AvgIpc) is 2.85. The molecule has 2 aromatic rings. The van der Waals surface area contributed by atoms with Gasteiger partial charge in [0.25, 0.3) is 5.56 Å². The summed E-state index contributed by atoms with van der Waals surface area (Å²) in [5, 5.41) is 17.9. The van der Waals surface area contributed by atoms with E-state index in [1.54, 1.807) is 13.0 Å². The lowest BCUT2D eigenvalue weighted by atomic mass is 10.5. The van der Waals surface area contributed by atoms with Crippen molar-refractivity contribution in [1.29, 1.82) is 0 Å². The zero-order valence-electron chi connectivity index (χ0n) is 12.2. The second-order valence-electron chi connectivity index (χ2n) is 4.41. The Balaban J connectivity index is 1.99. The Morgan fingerprint density at radius 3 is 2.74 bits per heavy atom. The average molecular weight is 339 g/mol. The summed E-state index contributed by atoms with van der Waals surface area (Å²) in [5.74, 6) is -0.783. The molecule has 2 amide bonds. The van der Waals surface area contributed by atoms with E-state index in [1.165, 1.54) is 6.92 Å². The monoisotopic (exact) mass is 339 g/mol. The molecule has 11 heteroatoms. The summed E-state index contributed by atoms with van der Waals surface area (Å²) in [6.07, 6.45) is 0. The van der Waals surface area contributed by atoms with Crippen LogP contribution < -0.4 is 16.2 Å². The molecule has 0 radical (unpaired) electrons. The van der Waals surface area contributed by atoms with Crippen molar-refractivity contribution in [1.82, 2.24) is 15.1 Å². The predicted octanol–water partition coefficient (Wildman–Crippen LogP) is 0.461. The lowest BCUT2D eigenvalue weighted by Gasteiger charge is -2.05. The second-order valence-corrected chi connectivity index (χ2v) is 5.37.